The fraction of sp³-hybridized carbons (Fsp3) is 0.524. The van der Waals surface area contributed by atoms with E-state index in [-0.39, 0.29) is 11.8 Å². The highest BCUT2D eigenvalue weighted by atomic mass is 16.2. The number of carbonyl (C=O) groups excluding carboxylic acids is 2. The van der Waals surface area contributed by atoms with Crippen LogP contribution in [0.4, 0.5) is 5.69 Å². The first-order valence-corrected chi connectivity index (χ1v) is 10.2. The third kappa shape index (κ3) is 2.99. The van der Waals surface area contributed by atoms with E-state index >= 15 is 0 Å². The first-order valence-electron chi connectivity index (χ1n) is 10.2. The lowest BCUT2D eigenvalue weighted by atomic mass is 10.0. The molecule has 2 amide bonds. The van der Waals surface area contributed by atoms with Crippen LogP contribution < -0.4 is 15.5 Å². The first-order chi connectivity index (χ1) is 13.6. The van der Waals surface area contributed by atoms with Crippen LogP contribution in [0.3, 0.4) is 0 Å². The van der Waals surface area contributed by atoms with Crippen LogP contribution in [0, 0.1) is 0 Å². The van der Waals surface area contributed by atoms with Gasteiger partial charge in [0.05, 0.1) is 0 Å². The monoisotopic (exact) mass is 381 g/mol. The summed E-state index contributed by atoms with van der Waals surface area (Å²) in [5, 5.41) is 6.14. The van der Waals surface area contributed by atoms with E-state index in [9.17, 15) is 9.59 Å². The Labute approximate surface area is 165 Å². The van der Waals surface area contributed by atoms with E-state index in [1.165, 1.54) is 5.69 Å². The summed E-state index contributed by atoms with van der Waals surface area (Å²) in [6.45, 7) is 10.8. The maximum Gasteiger partial charge on any atom is 0.255 e. The molecule has 1 aromatic rings. The Morgan fingerprint density at radius 2 is 1.86 bits per heavy atom. The normalized spacial score (nSPS) is 26.3. The summed E-state index contributed by atoms with van der Waals surface area (Å²) < 4.78 is 0. The van der Waals surface area contributed by atoms with E-state index in [1.807, 2.05) is 6.07 Å². The fourth-order valence-corrected chi connectivity index (χ4v) is 4.71. The molecule has 7 nitrogen and oxygen atoms in total. The van der Waals surface area contributed by atoms with Crippen LogP contribution >= 0.6 is 0 Å². The second-order valence-corrected chi connectivity index (χ2v) is 8.26. The van der Waals surface area contributed by atoms with Gasteiger partial charge in [0.25, 0.3) is 5.91 Å². The van der Waals surface area contributed by atoms with Crippen LogP contribution in [0.2, 0.25) is 0 Å². The summed E-state index contributed by atoms with van der Waals surface area (Å²) in [6, 6.07) is 6.45. The summed E-state index contributed by atoms with van der Waals surface area (Å²) in [4.78, 5) is 31.9. The van der Waals surface area contributed by atoms with Gasteiger partial charge in [-0.3, -0.25) is 14.5 Å². The number of allylic oxidation sites excluding steroid dienone is 1. The molecule has 4 aliphatic heterocycles. The number of nitrogens with zero attached hydrogens (tertiary/aromatic N) is 3. The van der Waals surface area contributed by atoms with E-state index in [4.69, 9.17) is 0 Å². The lowest BCUT2D eigenvalue weighted by molar-refractivity contribution is -0.126. The van der Waals surface area contributed by atoms with E-state index in [2.05, 4.69) is 39.1 Å². The second-order valence-electron chi connectivity index (χ2n) is 8.26. The van der Waals surface area contributed by atoms with Crippen molar-refractivity contribution in [3.8, 4) is 0 Å². The van der Waals surface area contributed by atoms with Gasteiger partial charge in [0.15, 0.2) is 0 Å². The predicted octanol–water partition coefficient (Wildman–Crippen LogP) is 0.529. The number of benzene rings is 1. The summed E-state index contributed by atoms with van der Waals surface area (Å²) in [7, 11) is 0. The number of amides is 2. The number of piperazine rings is 1. The molecule has 3 saturated heterocycles. The number of nitrogens with one attached hydrogen (secondary N) is 2. The molecule has 7 heteroatoms. The topological polar surface area (TPSA) is 67.9 Å². The molecular weight excluding hydrogens is 354 g/mol. The SMILES string of the molecule is C=C1CCC(N2Cc3cc(N4CCN(C5CNC5)CC4)ccc3C2=O)C(=O)N1. The van der Waals surface area contributed by atoms with Gasteiger partial charge >= 0.3 is 0 Å². The van der Waals surface area contributed by atoms with E-state index in [1.54, 1.807) is 4.90 Å². The van der Waals surface area contributed by atoms with Crippen LogP contribution in [0.15, 0.2) is 30.5 Å². The average Bonchev–Trinajstić information content (AvgIpc) is 2.97. The summed E-state index contributed by atoms with van der Waals surface area (Å²) in [6.07, 6.45) is 1.37. The lowest BCUT2D eigenvalue weighted by Gasteiger charge is -2.44. The van der Waals surface area contributed by atoms with Crippen molar-refractivity contribution >= 4 is 17.5 Å². The molecule has 0 aromatic heterocycles. The van der Waals surface area contributed by atoms with Crippen molar-refractivity contribution in [2.24, 2.45) is 0 Å². The Kier molecular flexibility index (Phi) is 4.36. The Morgan fingerprint density at radius 3 is 2.54 bits per heavy atom. The number of anilines is 1. The Bertz CT molecular complexity index is 826. The molecule has 2 N–H and O–H groups in total. The van der Waals surface area contributed by atoms with E-state index in [0.29, 0.717) is 19.0 Å². The third-order valence-electron chi connectivity index (χ3n) is 6.57. The number of hydrogen-bond acceptors (Lipinski definition) is 5. The van der Waals surface area contributed by atoms with Gasteiger partial charge in [-0.2, -0.15) is 0 Å². The van der Waals surface area contributed by atoms with Crippen molar-refractivity contribution in [2.45, 2.75) is 31.5 Å². The lowest BCUT2D eigenvalue weighted by Crippen LogP contribution is -2.61. The van der Waals surface area contributed by atoms with Gasteiger partial charge in [0, 0.05) is 68.8 Å². The second kappa shape index (κ2) is 6.90. The standard InChI is InChI=1S/C21H27N5O2/c1-14-2-5-19(20(27)23-14)26-13-15-10-16(3-4-18(15)21(26)28)24-6-8-25(9-7-24)17-11-22-12-17/h3-4,10,17,19,22H,1-2,5-9,11-13H2,(H,23,27). The van der Waals surface area contributed by atoms with E-state index in [0.717, 1.165) is 62.5 Å². The van der Waals surface area contributed by atoms with E-state index < -0.39 is 6.04 Å². The molecule has 0 radical (unpaired) electrons. The van der Waals surface area contributed by atoms with Crippen LogP contribution in [0.5, 0.6) is 0 Å². The number of rotatable bonds is 3. The van der Waals surface area contributed by atoms with Crippen molar-refractivity contribution in [1.29, 1.82) is 0 Å². The third-order valence-corrected chi connectivity index (χ3v) is 6.57. The van der Waals surface area contributed by atoms with Gasteiger partial charge in [-0.15, -0.1) is 0 Å². The van der Waals surface area contributed by atoms with Crippen LogP contribution in [-0.2, 0) is 11.3 Å². The molecule has 3 fully saturated rings. The summed E-state index contributed by atoms with van der Waals surface area (Å²) in [5.74, 6) is -0.143. The maximum atomic E-state index is 12.9. The average molecular weight is 381 g/mol. The Morgan fingerprint density at radius 1 is 1.07 bits per heavy atom. The highest BCUT2D eigenvalue weighted by molar-refractivity contribution is 6.01. The smallest absolute Gasteiger partial charge is 0.255 e. The molecule has 28 heavy (non-hydrogen) atoms. The van der Waals surface area contributed by atoms with Gasteiger partial charge < -0.3 is 20.4 Å². The highest BCUT2D eigenvalue weighted by Crippen LogP contribution is 2.31. The first kappa shape index (κ1) is 17.7. The molecule has 0 spiro atoms. The van der Waals surface area contributed by atoms with Gasteiger partial charge in [-0.25, -0.2) is 0 Å². The van der Waals surface area contributed by atoms with Crippen molar-refractivity contribution in [2.75, 3.05) is 44.2 Å². The fourth-order valence-electron chi connectivity index (χ4n) is 4.71. The largest absolute Gasteiger partial charge is 0.369 e. The van der Waals surface area contributed by atoms with Gasteiger partial charge in [0.2, 0.25) is 5.91 Å². The van der Waals surface area contributed by atoms with Gasteiger partial charge in [-0.1, -0.05) is 6.58 Å². The van der Waals surface area contributed by atoms with Crippen molar-refractivity contribution in [1.82, 2.24) is 20.4 Å². The number of hydrogen-bond donors (Lipinski definition) is 2. The zero-order valence-electron chi connectivity index (χ0n) is 16.1. The molecular formula is C21H27N5O2. The van der Waals surface area contributed by atoms with Gasteiger partial charge in [-0.05, 0) is 36.6 Å². The molecule has 4 aliphatic rings. The zero-order chi connectivity index (χ0) is 19.3. The summed E-state index contributed by atoms with van der Waals surface area (Å²) in [5.41, 5.74) is 3.69. The van der Waals surface area contributed by atoms with Crippen molar-refractivity contribution in [3.63, 3.8) is 0 Å². The molecule has 1 atom stereocenters. The molecule has 0 saturated carbocycles. The Balaban J connectivity index is 1.28. The Hall–Kier alpha value is -2.38. The minimum Gasteiger partial charge on any atom is -0.369 e. The molecule has 4 heterocycles. The predicted molar refractivity (Wildman–Crippen MR) is 107 cm³/mol. The number of piperidine rings is 1. The number of fused-ring (bicyclic) bond motifs is 1. The van der Waals surface area contributed by atoms with Crippen molar-refractivity contribution in [3.05, 3.63) is 41.6 Å². The molecule has 0 aliphatic carbocycles. The molecule has 1 aromatic carbocycles. The molecule has 0 bridgehead atoms. The molecule has 148 valence electrons. The van der Waals surface area contributed by atoms with Crippen LogP contribution in [0.25, 0.3) is 0 Å². The molecule has 1 unspecified atom stereocenters. The maximum absolute atomic E-state index is 12.9. The van der Waals surface area contributed by atoms with Crippen LogP contribution in [-0.4, -0.2) is 73.0 Å². The number of carbonyl (C=O) groups is 2. The van der Waals surface area contributed by atoms with Gasteiger partial charge in [0.1, 0.15) is 6.04 Å². The minimum atomic E-state index is -0.395. The molecule has 5 rings (SSSR count). The quantitative estimate of drug-likeness (QED) is 0.800. The minimum absolute atomic E-state index is 0.0310. The van der Waals surface area contributed by atoms with Crippen molar-refractivity contribution < 1.29 is 9.59 Å². The van der Waals surface area contributed by atoms with Crippen LogP contribution in [0.1, 0.15) is 28.8 Å². The summed E-state index contributed by atoms with van der Waals surface area (Å²) >= 11 is 0. The zero-order valence-corrected chi connectivity index (χ0v) is 16.1. The highest BCUT2D eigenvalue weighted by Gasteiger charge is 2.38.